The van der Waals surface area contributed by atoms with Crippen molar-refractivity contribution in [1.29, 1.82) is 0 Å². The molecular weight excluding hydrogens is 308 g/mol. The third-order valence-corrected chi connectivity index (χ3v) is 2.63. The van der Waals surface area contributed by atoms with E-state index < -0.39 is 36.4 Å². The van der Waals surface area contributed by atoms with Gasteiger partial charge in [0, 0.05) is 11.8 Å². The Kier molecular flexibility index (Phi) is 6.41. The predicted octanol–water partition coefficient (Wildman–Crippen LogP) is 2.66. The van der Waals surface area contributed by atoms with Gasteiger partial charge in [0.05, 0.1) is 12.6 Å². The Bertz CT molecular complexity index is 505. The van der Waals surface area contributed by atoms with E-state index in [0.29, 0.717) is 6.42 Å². The van der Waals surface area contributed by atoms with E-state index in [1.807, 2.05) is 0 Å². The minimum absolute atomic E-state index is 0.0437. The number of anilines is 1. The van der Waals surface area contributed by atoms with Gasteiger partial charge in [-0.1, -0.05) is 6.92 Å². The Morgan fingerprint density at radius 3 is 2.59 bits per heavy atom. The van der Waals surface area contributed by atoms with E-state index in [-0.39, 0.29) is 12.3 Å². The number of hydrogen-bond donors (Lipinski definition) is 3. The molecule has 0 aromatic heterocycles. The van der Waals surface area contributed by atoms with Crippen LogP contribution in [-0.2, 0) is 0 Å². The van der Waals surface area contributed by atoms with Gasteiger partial charge in [-0.25, -0.2) is 9.18 Å². The molecule has 0 bridgehead atoms. The molecule has 22 heavy (non-hydrogen) atoms. The van der Waals surface area contributed by atoms with Gasteiger partial charge < -0.3 is 20.5 Å². The second kappa shape index (κ2) is 7.83. The minimum atomic E-state index is -4.57. The molecule has 1 atom stereocenters. The third kappa shape index (κ3) is 6.17. The fourth-order valence-corrected chi connectivity index (χ4v) is 1.48. The predicted molar refractivity (Wildman–Crippen MR) is 71.3 cm³/mol. The third-order valence-electron chi connectivity index (χ3n) is 2.63. The van der Waals surface area contributed by atoms with Crippen LogP contribution in [0.25, 0.3) is 0 Å². The summed E-state index contributed by atoms with van der Waals surface area (Å²) in [6, 6.07) is 1.92. The van der Waals surface area contributed by atoms with Crippen molar-refractivity contribution < 1.29 is 32.2 Å². The van der Waals surface area contributed by atoms with E-state index in [0.717, 1.165) is 12.1 Å². The molecule has 0 aliphatic rings. The molecule has 0 spiro atoms. The monoisotopic (exact) mass is 324 g/mol. The summed E-state index contributed by atoms with van der Waals surface area (Å²) >= 11 is 0. The Hall–Kier alpha value is -2.03. The number of aliphatic hydroxyl groups is 1. The lowest BCUT2D eigenvalue weighted by atomic mass is 10.2. The van der Waals surface area contributed by atoms with Crippen LogP contribution in [0.4, 0.5) is 28.0 Å². The Balaban J connectivity index is 2.63. The van der Waals surface area contributed by atoms with Crippen LogP contribution in [0.1, 0.15) is 13.3 Å². The molecule has 0 saturated heterocycles. The van der Waals surface area contributed by atoms with Crippen LogP contribution < -0.4 is 15.4 Å². The molecule has 1 rings (SSSR count). The van der Waals surface area contributed by atoms with Crippen molar-refractivity contribution in [2.75, 3.05) is 18.5 Å². The molecule has 124 valence electrons. The lowest BCUT2D eigenvalue weighted by Gasteiger charge is -2.15. The number of carbonyl (C=O) groups is 1. The van der Waals surface area contributed by atoms with Crippen LogP contribution in [0, 0.1) is 5.82 Å². The van der Waals surface area contributed by atoms with Crippen molar-refractivity contribution in [2.24, 2.45) is 0 Å². The number of aliphatic hydroxyl groups excluding tert-OH is 1. The van der Waals surface area contributed by atoms with Crippen LogP contribution in [0.2, 0.25) is 0 Å². The molecule has 9 heteroatoms. The van der Waals surface area contributed by atoms with Gasteiger partial charge in [-0.2, -0.15) is 13.2 Å². The molecule has 0 unspecified atom stereocenters. The Morgan fingerprint density at radius 2 is 2.09 bits per heavy atom. The standard InChI is InChI=1S/C13H16F4N2O3/c1-2-8(6-20)18-12(21)19-9-3-4-11(10(14)5-9)22-7-13(15,16)17/h3-5,8,20H,2,6-7H2,1H3,(H2,18,19,21)/t8-/m0/s1. The second-order valence-electron chi connectivity index (χ2n) is 4.44. The SMILES string of the molecule is CC[C@@H](CO)NC(=O)Nc1ccc(OCC(F)(F)F)c(F)c1. The van der Waals surface area contributed by atoms with Crippen molar-refractivity contribution in [3.8, 4) is 5.75 Å². The molecule has 0 saturated carbocycles. The van der Waals surface area contributed by atoms with Crippen LogP contribution in [0.15, 0.2) is 18.2 Å². The summed E-state index contributed by atoms with van der Waals surface area (Å²) in [7, 11) is 0. The maximum absolute atomic E-state index is 13.6. The van der Waals surface area contributed by atoms with E-state index in [4.69, 9.17) is 5.11 Å². The average molecular weight is 324 g/mol. The number of carbonyl (C=O) groups excluding carboxylic acids is 1. The molecule has 1 aromatic carbocycles. The molecule has 1 aromatic rings. The zero-order chi connectivity index (χ0) is 16.8. The highest BCUT2D eigenvalue weighted by atomic mass is 19.4. The van der Waals surface area contributed by atoms with Crippen molar-refractivity contribution in [1.82, 2.24) is 5.32 Å². The number of amides is 2. The Labute approximate surface area is 124 Å². The van der Waals surface area contributed by atoms with Crippen LogP contribution >= 0.6 is 0 Å². The minimum Gasteiger partial charge on any atom is -0.481 e. The van der Waals surface area contributed by atoms with Crippen molar-refractivity contribution in [2.45, 2.75) is 25.6 Å². The number of benzene rings is 1. The highest BCUT2D eigenvalue weighted by Gasteiger charge is 2.29. The number of urea groups is 1. The highest BCUT2D eigenvalue weighted by Crippen LogP contribution is 2.23. The first-order valence-electron chi connectivity index (χ1n) is 6.42. The van der Waals surface area contributed by atoms with Crippen LogP contribution in [0.5, 0.6) is 5.75 Å². The van der Waals surface area contributed by atoms with E-state index in [2.05, 4.69) is 15.4 Å². The number of ether oxygens (including phenoxy) is 1. The van der Waals surface area contributed by atoms with Gasteiger partial charge in [0.25, 0.3) is 0 Å². The smallest absolute Gasteiger partial charge is 0.422 e. The number of halogens is 4. The van der Waals surface area contributed by atoms with Gasteiger partial charge in [-0.15, -0.1) is 0 Å². The first-order chi connectivity index (χ1) is 10.2. The van der Waals surface area contributed by atoms with E-state index >= 15 is 0 Å². The van der Waals surface area contributed by atoms with Gasteiger partial charge in [-0.3, -0.25) is 0 Å². The molecule has 3 N–H and O–H groups in total. The van der Waals surface area contributed by atoms with E-state index in [1.54, 1.807) is 6.92 Å². The zero-order valence-electron chi connectivity index (χ0n) is 11.7. The molecule has 2 amide bonds. The van der Waals surface area contributed by atoms with Gasteiger partial charge in [0.2, 0.25) is 0 Å². The molecule has 0 radical (unpaired) electrons. The second-order valence-corrected chi connectivity index (χ2v) is 4.44. The summed E-state index contributed by atoms with van der Waals surface area (Å²) in [5, 5.41) is 13.7. The fraction of sp³-hybridized carbons (Fsp3) is 0.462. The lowest BCUT2D eigenvalue weighted by Crippen LogP contribution is -2.39. The van der Waals surface area contributed by atoms with Crippen molar-refractivity contribution in [3.05, 3.63) is 24.0 Å². The number of rotatable bonds is 6. The van der Waals surface area contributed by atoms with Gasteiger partial charge >= 0.3 is 12.2 Å². The summed E-state index contributed by atoms with van der Waals surface area (Å²) in [4.78, 5) is 11.6. The summed E-state index contributed by atoms with van der Waals surface area (Å²) in [6.45, 7) is -0.0953. The average Bonchev–Trinajstić information content (AvgIpc) is 2.42. The summed E-state index contributed by atoms with van der Waals surface area (Å²) in [5.41, 5.74) is 0.0437. The molecule has 0 aliphatic carbocycles. The number of alkyl halides is 3. The van der Waals surface area contributed by atoms with E-state index in [9.17, 15) is 22.4 Å². The van der Waals surface area contributed by atoms with Gasteiger partial charge in [0.15, 0.2) is 18.2 Å². The van der Waals surface area contributed by atoms with Crippen LogP contribution in [-0.4, -0.2) is 36.6 Å². The fourth-order valence-electron chi connectivity index (χ4n) is 1.48. The maximum atomic E-state index is 13.6. The maximum Gasteiger partial charge on any atom is 0.422 e. The molecule has 0 heterocycles. The first kappa shape index (κ1) is 18.0. The zero-order valence-corrected chi connectivity index (χ0v) is 11.7. The summed E-state index contributed by atoms with van der Waals surface area (Å²) in [5.74, 6) is -1.60. The van der Waals surface area contributed by atoms with E-state index in [1.165, 1.54) is 6.07 Å². The first-order valence-corrected chi connectivity index (χ1v) is 6.42. The normalized spacial score (nSPS) is 12.6. The largest absolute Gasteiger partial charge is 0.481 e. The lowest BCUT2D eigenvalue weighted by molar-refractivity contribution is -0.153. The van der Waals surface area contributed by atoms with Gasteiger partial charge in [0.1, 0.15) is 0 Å². The summed E-state index contributed by atoms with van der Waals surface area (Å²) in [6.07, 6.45) is -4.06. The topological polar surface area (TPSA) is 70.6 Å². The highest BCUT2D eigenvalue weighted by molar-refractivity contribution is 5.89. The molecule has 0 fully saturated rings. The quantitative estimate of drug-likeness (QED) is 0.705. The van der Waals surface area contributed by atoms with Gasteiger partial charge in [-0.05, 0) is 18.6 Å². The summed E-state index contributed by atoms with van der Waals surface area (Å²) < 4.78 is 53.8. The Morgan fingerprint density at radius 1 is 1.41 bits per heavy atom. The van der Waals surface area contributed by atoms with Crippen LogP contribution in [0.3, 0.4) is 0 Å². The number of hydrogen-bond acceptors (Lipinski definition) is 3. The van der Waals surface area contributed by atoms with Crippen molar-refractivity contribution >= 4 is 11.7 Å². The number of nitrogens with one attached hydrogen (secondary N) is 2. The molecule has 5 nitrogen and oxygen atoms in total. The molecular formula is C13H16F4N2O3. The molecule has 0 aliphatic heterocycles. The van der Waals surface area contributed by atoms with Crippen molar-refractivity contribution in [3.63, 3.8) is 0 Å².